The monoisotopic (exact) mass is 489 g/mol. The molecule has 0 spiro atoms. The summed E-state index contributed by atoms with van der Waals surface area (Å²) in [6, 6.07) is 5.34. The van der Waals surface area contributed by atoms with E-state index in [1.165, 1.54) is 0 Å². The van der Waals surface area contributed by atoms with Crippen molar-refractivity contribution >= 4 is 21.8 Å². The van der Waals surface area contributed by atoms with Crippen LogP contribution in [-0.4, -0.2) is 28.9 Å². The van der Waals surface area contributed by atoms with Gasteiger partial charge in [-0.05, 0) is 60.3 Å². The van der Waals surface area contributed by atoms with E-state index in [1.807, 2.05) is 13.8 Å². The highest BCUT2D eigenvalue weighted by molar-refractivity contribution is 9.10. The van der Waals surface area contributed by atoms with E-state index >= 15 is 0 Å². The Morgan fingerprint density at radius 3 is 2.50 bits per heavy atom. The van der Waals surface area contributed by atoms with E-state index in [4.69, 9.17) is 9.47 Å². The van der Waals surface area contributed by atoms with E-state index in [9.17, 15) is 18.0 Å². The molecule has 2 aromatic rings. The Hall–Kier alpha value is -2.23. The van der Waals surface area contributed by atoms with Crippen LogP contribution in [0.25, 0.3) is 0 Å². The number of aromatic nitrogens is 2. The molecule has 6 nitrogen and oxygen atoms in total. The molecule has 1 aromatic heterocycles. The van der Waals surface area contributed by atoms with Crippen LogP contribution in [0.2, 0.25) is 0 Å². The van der Waals surface area contributed by atoms with Crippen LogP contribution in [0, 0.1) is 0 Å². The molecule has 1 aromatic carbocycles. The topological polar surface area (TPSA) is 65.4 Å². The standard InChI is InChI=1S/C20H23BrF3N3O3/c1-3-29-14-8-5-12(9-15(14)30-4-2)10-25-16(28)11-27-18(13-6-7-13)17(21)19(26-27)20(22,23)24/h5,8-9,13H,3-4,6-7,10-11H2,1-2H3,(H,25,28). The molecule has 1 fully saturated rings. The van der Waals surface area contributed by atoms with Crippen molar-refractivity contribution in [3.8, 4) is 11.5 Å². The second-order valence-electron chi connectivity index (χ2n) is 6.90. The maximum atomic E-state index is 13.2. The smallest absolute Gasteiger partial charge is 0.436 e. The van der Waals surface area contributed by atoms with Crippen LogP contribution in [0.5, 0.6) is 11.5 Å². The van der Waals surface area contributed by atoms with E-state index in [2.05, 4.69) is 26.3 Å². The van der Waals surface area contributed by atoms with Gasteiger partial charge in [0.1, 0.15) is 6.54 Å². The van der Waals surface area contributed by atoms with Crippen molar-refractivity contribution in [1.82, 2.24) is 15.1 Å². The van der Waals surface area contributed by atoms with Crippen LogP contribution in [-0.2, 0) is 24.1 Å². The molecule has 0 aliphatic heterocycles. The van der Waals surface area contributed by atoms with Crippen molar-refractivity contribution in [2.75, 3.05) is 13.2 Å². The second kappa shape index (κ2) is 9.28. The number of amides is 1. The third-order valence-electron chi connectivity index (χ3n) is 4.55. The van der Waals surface area contributed by atoms with E-state index in [0.717, 1.165) is 23.1 Å². The summed E-state index contributed by atoms with van der Waals surface area (Å²) in [5.41, 5.74) is 0.220. The molecule has 0 unspecified atom stereocenters. The van der Waals surface area contributed by atoms with Crippen molar-refractivity contribution < 1.29 is 27.4 Å². The number of benzene rings is 1. The Labute approximate surface area is 180 Å². The van der Waals surface area contributed by atoms with E-state index in [0.29, 0.717) is 30.4 Å². The fourth-order valence-electron chi connectivity index (χ4n) is 3.10. The summed E-state index contributed by atoms with van der Waals surface area (Å²) in [5.74, 6) is 0.764. The second-order valence-corrected chi connectivity index (χ2v) is 7.69. The van der Waals surface area contributed by atoms with Gasteiger partial charge in [0, 0.05) is 12.5 Å². The molecule has 164 valence electrons. The number of rotatable bonds is 9. The van der Waals surface area contributed by atoms with Crippen LogP contribution in [0.15, 0.2) is 22.7 Å². The highest BCUT2D eigenvalue weighted by atomic mass is 79.9. The largest absolute Gasteiger partial charge is 0.490 e. The predicted octanol–water partition coefficient (Wildman–Crippen LogP) is 4.66. The lowest BCUT2D eigenvalue weighted by molar-refractivity contribution is -0.142. The number of ether oxygens (including phenoxy) is 2. The molecule has 10 heteroatoms. The van der Waals surface area contributed by atoms with Gasteiger partial charge in [-0.25, -0.2) is 0 Å². The molecular formula is C20H23BrF3N3O3. The molecule has 0 radical (unpaired) electrons. The van der Waals surface area contributed by atoms with Crippen molar-refractivity contribution in [3.63, 3.8) is 0 Å². The van der Waals surface area contributed by atoms with Crippen LogP contribution in [0.4, 0.5) is 13.2 Å². The lowest BCUT2D eigenvalue weighted by Gasteiger charge is -2.13. The van der Waals surface area contributed by atoms with Gasteiger partial charge in [-0.15, -0.1) is 0 Å². The Morgan fingerprint density at radius 2 is 1.90 bits per heavy atom. The van der Waals surface area contributed by atoms with E-state index in [-0.39, 0.29) is 23.5 Å². The first-order valence-corrected chi connectivity index (χ1v) is 10.5. The van der Waals surface area contributed by atoms with Gasteiger partial charge >= 0.3 is 6.18 Å². The molecule has 0 atom stereocenters. The summed E-state index contributed by atoms with van der Waals surface area (Å²) < 4.78 is 51.7. The Kier molecular flexibility index (Phi) is 6.95. The number of carbonyl (C=O) groups excluding carboxylic acids is 1. The predicted molar refractivity (Wildman–Crippen MR) is 108 cm³/mol. The maximum absolute atomic E-state index is 13.2. The Bertz CT molecular complexity index is 911. The summed E-state index contributed by atoms with van der Waals surface area (Å²) >= 11 is 3.03. The van der Waals surface area contributed by atoms with Crippen molar-refractivity contribution in [3.05, 3.63) is 39.6 Å². The molecular weight excluding hydrogens is 467 g/mol. The lowest BCUT2D eigenvalue weighted by atomic mass is 10.2. The van der Waals surface area contributed by atoms with E-state index in [1.54, 1.807) is 18.2 Å². The molecule has 30 heavy (non-hydrogen) atoms. The zero-order chi connectivity index (χ0) is 21.9. The molecule has 1 aliphatic carbocycles. The average molecular weight is 490 g/mol. The Balaban J connectivity index is 1.69. The fourth-order valence-corrected chi connectivity index (χ4v) is 3.93. The number of halogens is 4. The van der Waals surface area contributed by atoms with Crippen molar-refractivity contribution in [1.29, 1.82) is 0 Å². The van der Waals surface area contributed by atoms with Gasteiger partial charge in [0.05, 0.1) is 23.4 Å². The molecule has 1 heterocycles. The minimum atomic E-state index is -4.58. The van der Waals surface area contributed by atoms with Crippen LogP contribution in [0.1, 0.15) is 49.6 Å². The zero-order valence-electron chi connectivity index (χ0n) is 16.7. The first-order chi connectivity index (χ1) is 14.2. The van der Waals surface area contributed by atoms with Crippen molar-refractivity contribution in [2.24, 2.45) is 0 Å². The maximum Gasteiger partial charge on any atom is 0.436 e. The van der Waals surface area contributed by atoms with Gasteiger partial charge < -0.3 is 14.8 Å². The van der Waals surface area contributed by atoms with Crippen molar-refractivity contribution in [2.45, 2.75) is 51.9 Å². The quantitative estimate of drug-likeness (QED) is 0.556. The molecule has 1 N–H and O–H groups in total. The lowest BCUT2D eigenvalue weighted by Crippen LogP contribution is -2.28. The van der Waals surface area contributed by atoms with Crippen LogP contribution in [0.3, 0.4) is 0 Å². The molecule has 0 bridgehead atoms. The first-order valence-electron chi connectivity index (χ1n) is 9.73. The van der Waals surface area contributed by atoms with Gasteiger partial charge in [-0.2, -0.15) is 18.3 Å². The molecule has 0 saturated heterocycles. The Morgan fingerprint density at radius 1 is 1.23 bits per heavy atom. The average Bonchev–Trinajstić information content (AvgIpc) is 3.45. The minimum Gasteiger partial charge on any atom is -0.490 e. The number of hydrogen-bond donors (Lipinski definition) is 1. The summed E-state index contributed by atoms with van der Waals surface area (Å²) in [6.45, 7) is 4.62. The minimum absolute atomic E-state index is 0.00404. The summed E-state index contributed by atoms with van der Waals surface area (Å²) in [4.78, 5) is 12.4. The van der Waals surface area contributed by atoms with Gasteiger partial charge in [-0.3, -0.25) is 9.48 Å². The number of hydrogen-bond acceptors (Lipinski definition) is 4. The molecule has 3 rings (SSSR count). The van der Waals surface area contributed by atoms with E-state index < -0.39 is 17.8 Å². The highest BCUT2D eigenvalue weighted by Crippen LogP contribution is 2.46. The van der Waals surface area contributed by atoms with Crippen LogP contribution < -0.4 is 14.8 Å². The summed E-state index contributed by atoms with van der Waals surface area (Å²) in [6.07, 6.45) is -3.01. The van der Waals surface area contributed by atoms with Gasteiger partial charge in [-0.1, -0.05) is 6.07 Å². The molecule has 1 saturated carbocycles. The normalized spacial score (nSPS) is 13.9. The van der Waals surface area contributed by atoms with Gasteiger partial charge in [0.2, 0.25) is 5.91 Å². The summed E-state index contributed by atoms with van der Waals surface area (Å²) in [7, 11) is 0. The van der Waals surface area contributed by atoms with Gasteiger partial charge in [0.25, 0.3) is 0 Å². The third-order valence-corrected chi connectivity index (χ3v) is 5.34. The van der Waals surface area contributed by atoms with Gasteiger partial charge in [0.15, 0.2) is 17.2 Å². The number of alkyl halides is 3. The van der Waals surface area contributed by atoms with Crippen LogP contribution >= 0.6 is 15.9 Å². The summed E-state index contributed by atoms with van der Waals surface area (Å²) in [5, 5.41) is 6.38. The number of nitrogens with zero attached hydrogens (tertiary/aromatic N) is 2. The number of carbonyl (C=O) groups is 1. The molecule has 1 aliphatic rings. The molecule has 1 amide bonds. The fraction of sp³-hybridized carbons (Fsp3) is 0.500. The SMILES string of the molecule is CCOc1ccc(CNC(=O)Cn2nc(C(F)(F)F)c(Br)c2C2CC2)cc1OCC. The number of nitrogens with one attached hydrogen (secondary N) is 1. The zero-order valence-corrected chi connectivity index (χ0v) is 18.3. The first kappa shape index (κ1) is 22.5. The third kappa shape index (κ3) is 5.27. The highest BCUT2D eigenvalue weighted by Gasteiger charge is 2.41.